The Morgan fingerprint density at radius 1 is 1.36 bits per heavy atom. The molecule has 3 nitrogen and oxygen atoms in total. The Morgan fingerprint density at radius 2 is 1.73 bits per heavy atom. The summed E-state index contributed by atoms with van der Waals surface area (Å²) in [6.07, 6.45) is -4.57. The molecule has 1 amide bonds. The Morgan fingerprint density at radius 3 is 1.82 bits per heavy atom. The SMILES string of the molecule is CC(C)(C(=O)NN)C(F)(F)F. The lowest BCUT2D eigenvalue weighted by Gasteiger charge is -2.24. The van der Waals surface area contributed by atoms with E-state index in [1.165, 1.54) is 5.43 Å². The molecule has 0 bridgehead atoms. The van der Waals surface area contributed by atoms with Gasteiger partial charge in [-0.3, -0.25) is 10.2 Å². The summed E-state index contributed by atoms with van der Waals surface area (Å²) in [5.74, 6) is 3.31. The topological polar surface area (TPSA) is 55.1 Å². The molecule has 0 aromatic rings. The first-order chi connectivity index (χ1) is 4.73. The maximum Gasteiger partial charge on any atom is 0.402 e. The molecular formula is C5H9F3N2O. The van der Waals surface area contributed by atoms with Crippen molar-refractivity contribution < 1.29 is 18.0 Å². The summed E-state index contributed by atoms with van der Waals surface area (Å²) >= 11 is 0. The van der Waals surface area contributed by atoms with E-state index in [-0.39, 0.29) is 0 Å². The third kappa shape index (κ3) is 1.83. The molecule has 0 fully saturated rings. The van der Waals surface area contributed by atoms with E-state index < -0.39 is 17.5 Å². The Hall–Kier alpha value is -0.780. The highest BCUT2D eigenvalue weighted by Crippen LogP contribution is 2.37. The molecule has 0 spiro atoms. The molecule has 0 aromatic carbocycles. The summed E-state index contributed by atoms with van der Waals surface area (Å²) in [5.41, 5.74) is -0.976. The molecule has 3 N–H and O–H groups in total. The quantitative estimate of drug-likeness (QED) is 0.343. The van der Waals surface area contributed by atoms with Crippen LogP contribution in [0.2, 0.25) is 0 Å². The molecular weight excluding hydrogens is 161 g/mol. The number of carbonyl (C=O) groups is 1. The van der Waals surface area contributed by atoms with Crippen LogP contribution < -0.4 is 11.3 Å². The third-order valence-corrected chi connectivity index (χ3v) is 1.41. The minimum atomic E-state index is -4.57. The van der Waals surface area contributed by atoms with Crippen molar-refractivity contribution in [3.63, 3.8) is 0 Å². The predicted molar refractivity (Wildman–Crippen MR) is 32.2 cm³/mol. The summed E-state index contributed by atoms with van der Waals surface area (Å²) in [4.78, 5) is 10.5. The van der Waals surface area contributed by atoms with Gasteiger partial charge in [0.05, 0.1) is 0 Å². The number of amides is 1. The lowest BCUT2D eigenvalue weighted by molar-refractivity contribution is -0.211. The lowest BCUT2D eigenvalue weighted by atomic mass is 9.92. The second-order valence-corrected chi connectivity index (χ2v) is 2.60. The van der Waals surface area contributed by atoms with E-state index in [9.17, 15) is 18.0 Å². The third-order valence-electron chi connectivity index (χ3n) is 1.41. The Labute approximate surface area is 61.7 Å². The van der Waals surface area contributed by atoms with Gasteiger partial charge in [0, 0.05) is 0 Å². The van der Waals surface area contributed by atoms with Crippen LogP contribution in [-0.2, 0) is 4.79 Å². The van der Waals surface area contributed by atoms with Crippen LogP contribution in [0, 0.1) is 5.41 Å². The van der Waals surface area contributed by atoms with Crippen molar-refractivity contribution >= 4 is 5.91 Å². The van der Waals surface area contributed by atoms with Gasteiger partial charge in [-0.1, -0.05) is 0 Å². The van der Waals surface area contributed by atoms with E-state index in [2.05, 4.69) is 5.84 Å². The van der Waals surface area contributed by atoms with Crippen LogP contribution in [0.3, 0.4) is 0 Å². The fourth-order valence-electron chi connectivity index (χ4n) is 0.309. The summed E-state index contributed by atoms with van der Waals surface area (Å²) in [5, 5.41) is 0. The number of hydrogen-bond acceptors (Lipinski definition) is 2. The van der Waals surface area contributed by atoms with E-state index in [0.29, 0.717) is 0 Å². The smallest absolute Gasteiger partial charge is 0.294 e. The van der Waals surface area contributed by atoms with Gasteiger partial charge in [-0.25, -0.2) is 5.84 Å². The predicted octanol–water partition coefficient (Wildman–Crippen LogP) is 0.565. The molecule has 0 aliphatic rings. The first-order valence-electron chi connectivity index (χ1n) is 2.81. The summed E-state index contributed by atoms with van der Waals surface area (Å²) in [6.45, 7) is 1.52. The van der Waals surface area contributed by atoms with Crippen molar-refractivity contribution in [1.29, 1.82) is 0 Å². The van der Waals surface area contributed by atoms with Crippen molar-refractivity contribution in [2.24, 2.45) is 11.3 Å². The number of nitrogens with two attached hydrogens (primary N) is 1. The molecule has 0 heterocycles. The van der Waals surface area contributed by atoms with E-state index in [4.69, 9.17) is 0 Å². The van der Waals surface area contributed by atoms with Gasteiger partial charge in [-0.2, -0.15) is 13.2 Å². The molecule has 0 rings (SSSR count). The molecule has 11 heavy (non-hydrogen) atoms. The minimum Gasteiger partial charge on any atom is -0.294 e. The molecule has 66 valence electrons. The fraction of sp³-hybridized carbons (Fsp3) is 0.800. The largest absolute Gasteiger partial charge is 0.402 e. The molecule has 0 aromatic heterocycles. The molecule has 6 heteroatoms. The second kappa shape index (κ2) is 2.69. The Balaban J connectivity index is 4.59. The van der Waals surface area contributed by atoms with Crippen LogP contribution in [0.15, 0.2) is 0 Å². The van der Waals surface area contributed by atoms with Crippen molar-refractivity contribution in [2.45, 2.75) is 20.0 Å². The number of hydrazine groups is 1. The first-order valence-corrected chi connectivity index (χ1v) is 2.81. The number of halogens is 3. The average molecular weight is 170 g/mol. The number of carbonyl (C=O) groups excluding carboxylic acids is 1. The summed E-state index contributed by atoms with van der Waals surface area (Å²) in [6, 6.07) is 0. The van der Waals surface area contributed by atoms with Crippen LogP contribution in [0.25, 0.3) is 0 Å². The highest BCUT2D eigenvalue weighted by molar-refractivity contribution is 5.82. The van der Waals surface area contributed by atoms with E-state index in [1.807, 2.05) is 0 Å². The number of hydrogen-bond donors (Lipinski definition) is 2. The average Bonchev–Trinajstić information content (AvgIpc) is 1.83. The van der Waals surface area contributed by atoms with Crippen molar-refractivity contribution in [3.8, 4) is 0 Å². The van der Waals surface area contributed by atoms with Crippen molar-refractivity contribution in [1.82, 2.24) is 5.43 Å². The van der Waals surface area contributed by atoms with Gasteiger partial charge in [0.15, 0.2) is 0 Å². The molecule has 0 unspecified atom stereocenters. The molecule has 0 atom stereocenters. The first kappa shape index (κ1) is 10.2. The maximum absolute atomic E-state index is 12.0. The lowest BCUT2D eigenvalue weighted by Crippen LogP contribution is -2.49. The van der Waals surface area contributed by atoms with Gasteiger partial charge in [0.1, 0.15) is 5.41 Å². The second-order valence-electron chi connectivity index (χ2n) is 2.60. The number of rotatable bonds is 1. The monoisotopic (exact) mass is 170 g/mol. The fourth-order valence-corrected chi connectivity index (χ4v) is 0.309. The zero-order valence-corrected chi connectivity index (χ0v) is 6.12. The number of nitrogens with one attached hydrogen (secondary N) is 1. The van der Waals surface area contributed by atoms with E-state index in [1.54, 1.807) is 0 Å². The van der Waals surface area contributed by atoms with Gasteiger partial charge in [-0.15, -0.1) is 0 Å². The standard InChI is InChI=1S/C5H9F3N2O/c1-4(2,3(11)10-9)5(6,7)8/h9H2,1-2H3,(H,10,11). The van der Waals surface area contributed by atoms with Crippen molar-refractivity contribution in [3.05, 3.63) is 0 Å². The van der Waals surface area contributed by atoms with Gasteiger partial charge in [-0.05, 0) is 13.8 Å². The maximum atomic E-state index is 12.0. The van der Waals surface area contributed by atoms with Crippen LogP contribution in [0.5, 0.6) is 0 Å². The Kier molecular flexibility index (Phi) is 2.50. The minimum absolute atomic E-state index is 0.759. The van der Waals surface area contributed by atoms with Crippen molar-refractivity contribution in [2.75, 3.05) is 0 Å². The molecule has 0 aliphatic carbocycles. The number of alkyl halides is 3. The van der Waals surface area contributed by atoms with Gasteiger partial charge in [0.25, 0.3) is 0 Å². The zero-order chi connectivity index (χ0) is 9.28. The Bertz CT molecular complexity index is 164. The van der Waals surface area contributed by atoms with Crippen LogP contribution >= 0.6 is 0 Å². The van der Waals surface area contributed by atoms with Gasteiger partial charge in [0.2, 0.25) is 5.91 Å². The van der Waals surface area contributed by atoms with Crippen LogP contribution in [0.4, 0.5) is 13.2 Å². The van der Waals surface area contributed by atoms with Crippen LogP contribution in [-0.4, -0.2) is 12.1 Å². The molecule has 0 saturated carbocycles. The van der Waals surface area contributed by atoms with Crippen LogP contribution in [0.1, 0.15) is 13.8 Å². The van der Waals surface area contributed by atoms with E-state index >= 15 is 0 Å². The van der Waals surface area contributed by atoms with E-state index in [0.717, 1.165) is 13.8 Å². The molecule has 0 radical (unpaired) electrons. The zero-order valence-electron chi connectivity index (χ0n) is 6.12. The highest BCUT2D eigenvalue weighted by Gasteiger charge is 2.52. The molecule has 0 saturated heterocycles. The molecule has 0 aliphatic heterocycles. The summed E-state index contributed by atoms with van der Waals surface area (Å²) in [7, 11) is 0. The summed E-state index contributed by atoms with van der Waals surface area (Å²) < 4.78 is 35.9. The van der Waals surface area contributed by atoms with Gasteiger partial charge >= 0.3 is 6.18 Å². The normalized spacial score (nSPS) is 12.9. The van der Waals surface area contributed by atoms with Gasteiger partial charge < -0.3 is 0 Å². The highest BCUT2D eigenvalue weighted by atomic mass is 19.4.